The van der Waals surface area contributed by atoms with Crippen molar-refractivity contribution >= 4 is 18.3 Å². The number of hydrogen-bond acceptors (Lipinski definition) is 2. The zero-order chi connectivity index (χ0) is 20.1. The van der Waals surface area contributed by atoms with E-state index < -0.39 is 0 Å². The molecule has 4 heteroatoms. The van der Waals surface area contributed by atoms with Crippen LogP contribution in [-0.4, -0.2) is 47.9 Å². The molecule has 162 valence electrons. The maximum Gasteiger partial charge on any atom is 0.239 e. The van der Waals surface area contributed by atoms with Crippen LogP contribution in [0.15, 0.2) is 60.7 Å². The smallest absolute Gasteiger partial charge is 0.239 e. The van der Waals surface area contributed by atoms with Gasteiger partial charge in [-0.25, -0.2) is 0 Å². The zero-order valence-electron chi connectivity index (χ0n) is 18.1. The minimum absolute atomic E-state index is 0. The molecule has 1 unspecified atom stereocenters. The fraction of sp³-hybridized carbons (Fsp3) is 0.500. The highest BCUT2D eigenvalue weighted by Gasteiger charge is 2.35. The second-order valence-electron chi connectivity index (χ2n) is 8.60. The molecule has 2 aromatic carbocycles. The Labute approximate surface area is 187 Å². The van der Waals surface area contributed by atoms with Crippen LogP contribution in [0.4, 0.5) is 0 Å². The van der Waals surface area contributed by atoms with Crippen molar-refractivity contribution < 1.29 is 4.79 Å². The average Bonchev–Trinajstić information content (AvgIpc) is 2.81. The number of nitrogens with zero attached hydrogens (tertiary/aromatic N) is 2. The third-order valence-corrected chi connectivity index (χ3v) is 6.94. The molecule has 0 spiro atoms. The first kappa shape index (κ1) is 22.8. The van der Waals surface area contributed by atoms with E-state index in [1.807, 2.05) is 0 Å². The van der Waals surface area contributed by atoms with E-state index in [2.05, 4.69) is 77.4 Å². The highest BCUT2D eigenvalue weighted by molar-refractivity contribution is 5.85. The van der Waals surface area contributed by atoms with Crippen LogP contribution in [-0.2, 0) is 4.79 Å². The number of carbonyl (C=O) groups is 1. The molecule has 4 rings (SSSR count). The monoisotopic (exact) mass is 426 g/mol. The molecule has 0 radical (unpaired) electrons. The van der Waals surface area contributed by atoms with E-state index >= 15 is 0 Å². The molecule has 2 heterocycles. The first-order valence-electron chi connectivity index (χ1n) is 11.4. The lowest BCUT2D eigenvalue weighted by Gasteiger charge is -2.41. The topological polar surface area (TPSA) is 23.6 Å². The van der Waals surface area contributed by atoms with Gasteiger partial charge in [-0.05, 0) is 55.8 Å². The standard InChI is InChI=1S/C26H34N2O.ClH/c1-2-27-18-10-9-15-24(27)26(29)28-19-16-23(17-20-28)25(21-11-5-3-6-12-21)22-13-7-4-8-14-22;/h3-8,11-14,23-25H,2,9-10,15-20H2,1H3;1H. The van der Waals surface area contributed by atoms with Gasteiger partial charge >= 0.3 is 0 Å². The Kier molecular flexibility index (Phi) is 8.35. The van der Waals surface area contributed by atoms with Crippen molar-refractivity contribution in [3.8, 4) is 0 Å². The summed E-state index contributed by atoms with van der Waals surface area (Å²) < 4.78 is 0. The van der Waals surface area contributed by atoms with Gasteiger partial charge < -0.3 is 4.90 Å². The van der Waals surface area contributed by atoms with Crippen LogP contribution >= 0.6 is 12.4 Å². The molecule has 2 fully saturated rings. The first-order valence-corrected chi connectivity index (χ1v) is 11.4. The quantitative estimate of drug-likeness (QED) is 0.643. The zero-order valence-corrected chi connectivity index (χ0v) is 18.9. The Hall–Kier alpha value is -1.84. The molecular formula is C26H35ClN2O. The molecule has 0 aliphatic carbocycles. The van der Waals surface area contributed by atoms with Crippen LogP contribution in [0.25, 0.3) is 0 Å². The molecule has 0 saturated carbocycles. The Morgan fingerprint density at radius 2 is 1.43 bits per heavy atom. The van der Waals surface area contributed by atoms with Crippen molar-refractivity contribution in [2.75, 3.05) is 26.2 Å². The van der Waals surface area contributed by atoms with Gasteiger partial charge in [0.1, 0.15) is 0 Å². The summed E-state index contributed by atoms with van der Waals surface area (Å²) in [4.78, 5) is 17.8. The van der Waals surface area contributed by atoms with Crippen LogP contribution in [0.1, 0.15) is 56.1 Å². The van der Waals surface area contributed by atoms with Crippen molar-refractivity contribution in [3.63, 3.8) is 0 Å². The molecule has 1 amide bonds. The Morgan fingerprint density at radius 3 is 1.97 bits per heavy atom. The summed E-state index contributed by atoms with van der Waals surface area (Å²) in [6, 6.07) is 21.9. The summed E-state index contributed by atoms with van der Waals surface area (Å²) in [6.07, 6.45) is 5.62. The molecular weight excluding hydrogens is 392 g/mol. The van der Waals surface area contributed by atoms with Crippen LogP contribution in [0, 0.1) is 5.92 Å². The van der Waals surface area contributed by atoms with Crippen molar-refractivity contribution in [2.45, 2.75) is 51.0 Å². The van der Waals surface area contributed by atoms with Gasteiger partial charge in [-0.15, -0.1) is 12.4 Å². The number of piperidine rings is 2. The maximum absolute atomic E-state index is 13.2. The summed E-state index contributed by atoms with van der Waals surface area (Å²) in [5.41, 5.74) is 2.79. The maximum atomic E-state index is 13.2. The number of halogens is 1. The van der Waals surface area contributed by atoms with Gasteiger partial charge in [0.15, 0.2) is 0 Å². The van der Waals surface area contributed by atoms with E-state index in [1.165, 1.54) is 24.0 Å². The second kappa shape index (κ2) is 11.0. The summed E-state index contributed by atoms with van der Waals surface area (Å²) in [5.74, 6) is 1.37. The number of rotatable bonds is 5. The average molecular weight is 427 g/mol. The van der Waals surface area contributed by atoms with E-state index in [4.69, 9.17) is 0 Å². The number of hydrogen-bond donors (Lipinski definition) is 0. The second-order valence-corrected chi connectivity index (χ2v) is 8.60. The number of carbonyl (C=O) groups excluding carboxylic acids is 1. The van der Waals surface area contributed by atoms with Gasteiger partial charge in [-0.1, -0.05) is 74.0 Å². The van der Waals surface area contributed by atoms with Crippen LogP contribution in [0.3, 0.4) is 0 Å². The van der Waals surface area contributed by atoms with E-state index in [-0.39, 0.29) is 18.4 Å². The molecule has 2 aliphatic rings. The molecule has 30 heavy (non-hydrogen) atoms. The van der Waals surface area contributed by atoms with Crippen LogP contribution in [0.2, 0.25) is 0 Å². The number of benzene rings is 2. The van der Waals surface area contributed by atoms with Crippen molar-refractivity contribution in [1.82, 2.24) is 9.80 Å². The largest absolute Gasteiger partial charge is 0.341 e. The van der Waals surface area contributed by atoms with Gasteiger partial charge in [0.2, 0.25) is 5.91 Å². The number of amides is 1. The summed E-state index contributed by atoms with van der Waals surface area (Å²) >= 11 is 0. The van der Waals surface area contributed by atoms with Crippen molar-refractivity contribution in [1.29, 1.82) is 0 Å². The van der Waals surface area contributed by atoms with Gasteiger partial charge in [0.25, 0.3) is 0 Å². The first-order chi connectivity index (χ1) is 14.3. The molecule has 2 aliphatic heterocycles. The Balaban J connectivity index is 0.00000256. The normalized spacial score (nSPS) is 20.7. The van der Waals surface area contributed by atoms with E-state index in [1.54, 1.807) is 0 Å². The molecule has 0 aromatic heterocycles. The summed E-state index contributed by atoms with van der Waals surface area (Å²) in [7, 11) is 0. The van der Waals surface area contributed by atoms with E-state index in [9.17, 15) is 4.79 Å². The number of likely N-dealkylation sites (tertiary alicyclic amines) is 2. The van der Waals surface area contributed by atoms with Crippen molar-refractivity contribution in [3.05, 3.63) is 71.8 Å². The molecule has 2 saturated heterocycles. The minimum Gasteiger partial charge on any atom is -0.341 e. The minimum atomic E-state index is 0. The SMILES string of the molecule is CCN1CCCCC1C(=O)N1CCC(C(c2ccccc2)c2ccccc2)CC1.Cl. The fourth-order valence-corrected chi connectivity index (χ4v) is 5.37. The lowest BCUT2D eigenvalue weighted by atomic mass is 9.76. The van der Waals surface area contributed by atoms with E-state index in [0.717, 1.165) is 45.4 Å². The highest BCUT2D eigenvalue weighted by Crippen LogP contribution is 2.38. The van der Waals surface area contributed by atoms with Gasteiger partial charge in [0, 0.05) is 19.0 Å². The fourth-order valence-electron chi connectivity index (χ4n) is 5.37. The highest BCUT2D eigenvalue weighted by atomic mass is 35.5. The van der Waals surface area contributed by atoms with Crippen LogP contribution < -0.4 is 0 Å². The molecule has 0 bridgehead atoms. The van der Waals surface area contributed by atoms with E-state index in [0.29, 0.717) is 17.7 Å². The summed E-state index contributed by atoms with van der Waals surface area (Å²) in [6.45, 7) is 6.04. The molecule has 3 nitrogen and oxygen atoms in total. The van der Waals surface area contributed by atoms with Gasteiger partial charge in [0.05, 0.1) is 6.04 Å². The Bertz CT molecular complexity index is 735. The predicted octanol–water partition coefficient (Wildman–Crippen LogP) is 5.35. The van der Waals surface area contributed by atoms with Crippen molar-refractivity contribution in [2.24, 2.45) is 5.92 Å². The van der Waals surface area contributed by atoms with Crippen LogP contribution in [0.5, 0.6) is 0 Å². The predicted molar refractivity (Wildman–Crippen MR) is 126 cm³/mol. The lowest BCUT2D eigenvalue weighted by molar-refractivity contribution is -0.139. The Morgan fingerprint density at radius 1 is 0.867 bits per heavy atom. The summed E-state index contributed by atoms with van der Waals surface area (Å²) in [5, 5.41) is 0. The number of likely N-dealkylation sites (N-methyl/N-ethyl adjacent to an activating group) is 1. The molecule has 0 N–H and O–H groups in total. The lowest BCUT2D eigenvalue weighted by Crippen LogP contribution is -2.52. The molecule has 2 aromatic rings. The third-order valence-electron chi connectivity index (χ3n) is 6.94. The van der Waals surface area contributed by atoms with Gasteiger partial charge in [-0.2, -0.15) is 0 Å². The molecule has 1 atom stereocenters. The van der Waals surface area contributed by atoms with Gasteiger partial charge in [-0.3, -0.25) is 9.69 Å². The third kappa shape index (κ3) is 5.07.